The number of ether oxygens (including phenoxy) is 2. The van der Waals surface area contributed by atoms with E-state index < -0.39 is 0 Å². The van der Waals surface area contributed by atoms with Gasteiger partial charge in [0.15, 0.2) is 0 Å². The van der Waals surface area contributed by atoms with Crippen LogP contribution in [0, 0.1) is 0 Å². The number of hydrogen-bond acceptors (Lipinski definition) is 3. The van der Waals surface area contributed by atoms with E-state index in [0.717, 1.165) is 25.0 Å². The first-order chi connectivity index (χ1) is 10.8. The zero-order chi connectivity index (χ0) is 16.0. The maximum Gasteiger partial charge on any atom is 0.338 e. The van der Waals surface area contributed by atoms with Gasteiger partial charge in [-0.25, -0.2) is 4.79 Å². The number of rotatable bonds is 12. The molecule has 0 bridgehead atoms. The first kappa shape index (κ1) is 18.5. The topological polar surface area (TPSA) is 35.5 Å². The third-order valence-electron chi connectivity index (χ3n) is 3.57. The molecule has 0 N–H and O–H groups in total. The minimum Gasteiger partial charge on any atom is -0.494 e. The van der Waals surface area contributed by atoms with Gasteiger partial charge in [-0.05, 0) is 31.0 Å². The molecule has 1 rings (SSSR count). The Bertz CT molecular complexity index is 415. The summed E-state index contributed by atoms with van der Waals surface area (Å²) in [4.78, 5) is 12.0. The molecule has 0 heterocycles. The molecule has 0 aliphatic rings. The second-order valence-electron chi connectivity index (χ2n) is 5.63. The molecular weight excluding hydrogens is 276 g/mol. The Labute approximate surface area is 135 Å². The zero-order valence-electron chi connectivity index (χ0n) is 14.1. The Morgan fingerprint density at radius 1 is 0.909 bits per heavy atom. The molecule has 0 unspecified atom stereocenters. The van der Waals surface area contributed by atoms with E-state index >= 15 is 0 Å². The van der Waals surface area contributed by atoms with Crippen molar-refractivity contribution < 1.29 is 14.3 Å². The molecule has 0 saturated heterocycles. The van der Waals surface area contributed by atoms with Crippen molar-refractivity contribution in [1.29, 1.82) is 0 Å². The molecule has 0 aliphatic carbocycles. The minimum absolute atomic E-state index is 0.257. The van der Waals surface area contributed by atoms with Crippen molar-refractivity contribution in [3.8, 4) is 5.75 Å². The summed E-state index contributed by atoms with van der Waals surface area (Å²) < 4.78 is 11.0. The standard InChI is InChI=1S/C19H30O3/c1-3-5-7-9-14-21-18-13-11-12-17(16-18)19(20)22-15-10-8-6-4-2/h11-13,16H,3-10,14-15H2,1-2H3. The van der Waals surface area contributed by atoms with E-state index in [1.807, 2.05) is 12.1 Å². The highest BCUT2D eigenvalue weighted by atomic mass is 16.5. The van der Waals surface area contributed by atoms with Crippen LogP contribution >= 0.6 is 0 Å². The van der Waals surface area contributed by atoms with Gasteiger partial charge in [0.05, 0.1) is 18.8 Å². The number of hydrogen-bond donors (Lipinski definition) is 0. The quantitative estimate of drug-likeness (QED) is 0.384. The highest BCUT2D eigenvalue weighted by molar-refractivity contribution is 5.89. The lowest BCUT2D eigenvalue weighted by Gasteiger charge is -2.08. The van der Waals surface area contributed by atoms with E-state index in [0.29, 0.717) is 18.8 Å². The highest BCUT2D eigenvalue weighted by Crippen LogP contribution is 2.15. The molecule has 0 aliphatic heterocycles. The molecule has 3 nitrogen and oxygen atoms in total. The van der Waals surface area contributed by atoms with Crippen molar-refractivity contribution in [2.75, 3.05) is 13.2 Å². The Kier molecular flexibility index (Phi) is 10.2. The summed E-state index contributed by atoms with van der Waals surface area (Å²) in [5.41, 5.74) is 0.571. The Hall–Kier alpha value is -1.51. The van der Waals surface area contributed by atoms with Crippen molar-refractivity contribution in [1.82, 2.24) is 0 Å². The summed E-state index contributed by atoms with van der Waals surface area (Å²) in [5.74, 6) is 0.491. The number of esters is 1. The van der Waals surface area contributed by atoms with E-state index in [4.69, 9.17) is 9.47 Å². The first-order valence-electron chi connectivity index (χ1n) is 8.68. The number of benzene rings is 1. The molecule has 0 atom stereocenters. The third kappa shape index (κ3) is 8.06. The van der Waals surface area contributed by atoms with E-state index in [1.165, 1.54) is 32.1 Å². The summed E-state index contributed by atoms with van der Waals surface area (Å²) >= 11 is 0. The molecule has 1 aromatic rings. The van der Waals surface area contributed by atoms with Crippen LogP contribution in [0.3, 0.4) is 0 Å². The monoisotopic (exact) mass is 306 g/mol. The molecule has 0 aromatic heterocycles. The summed E-state index contributed by atoms with van der Waals surface area (Å²) in [6.07, 6.45) is 9.14. The average Bonchev–Trinajstić information content (AvgIpc) is 2.54. The summed E-state index contributed by atoms with van der Waals surface area (Å²) in [6.45, 7) is 5.56. The van der Waals surface area contributed by atoms with E-state index in [1.54, 1.807) is 12.1 Å². The van der Waals surface area contributed by atoms with Gasteiger partial charge in [-0.2, -0.15) is 0 Å². The highest BCUT2D eigenvalue weighted by Gasteiger charge is 2.08. The normalized spacial score (nSPS) is 10.5. The number of carbonyl (C=O) groups is 1. The molecule has 0 saturated carbocycles. The molecule has 0 amide bonds. The van der Waals surface area contributed by atoms with Crippen molar-refractivity contribution in [3.05, 3.63) is 29.8 Å². The van der Waals surface area contributed by atoms with Gasteiger partial charge in [-0.15, -0.1) is 0 Å². The molecule has 3 heteroatoms. The van der Waals surface area contributed by atoms with E-state index in [2.05, 4.69) is 13.8 Å². The fourth-order valence-corrected chi connectivity index (χ4v) is 2.21. The Balaban J connectivity index is 2.31. The molecule has 0 spiro atoms. The van der Waals surface area contributed by atoms with Crippen LogP contribution in [0.5, 0.6) is 5.75 Å². The van der Waals surface area contributed by atoms with Crippen LogP contribution in [0.1, 0.15) is 75.6 Å². The van der Waals surface area contributed by atoms with Gasteiger partial charge in [0, 0.05) is 0 Å². The van der Waals surface area contributed by atoms with Gasteiger partial charge in [-0.1, -0.05) is 58.4 Å². The van der Waals surface area contributed by atoms with Crippen LogP contribution in [0.4, 0.5) is 0 Å². The molecule has 0 fully saturated rings. The van der Waals surface area contributed by atoms with Crippen LogP contribution < -0.4 is 4.74 Å². The SMILES string of the molecule is CCCCCCOC(=O)c1cccc(OCCCCCC)c1. The second kappa shape index (κ2) is 12.1. The predicted octanol–water partition coefficient (Wildman–Crippen LogP) is 5.38. The largest absolute Gasteiger partial charge is 0.494 e. The zero-order valence-corrected chi connectivity index (χ0v) is 14.1. The second-order valence-corrected chi connectivity index (χ2v) is 5.63. The maximum atomic E-state index is 12.0. The summed E-state index contributed by atoms with van der Waals surface area (Å²) in [6, 6.07) is 7.28. The van der Waals surface area contributed by atoms with Gasteiger partial charge in [0.25, 0.3) is 0 Å². The van der Waals surface area contributed by atoms with Crippen LogP contribution in [0.25, 0.3) is 0 Å². The fraction of sp³-hybridized carbons (Fsp3) is 0.632. The predicted molar refractivity (Wildman–Crippen MR) is 90.5 cm³/mol. The van der Waals surface area contributed by atoms with Crippen molar-refractivity contribution in [2.24, 2.45) is 0 Å². The number of unbranched alkanes of at least 4 members (excludes halogenated alkanes) is 6. The maximum absolute atomic E-state index is 12.0. The van der Waals surface area contributed by atoms with Gasteiger partial charge < -0.3 is 9.47 Å². The van der Waals surface area contributed by atoms with Crippen molar-refractivity contribution in [3.63, 3.8) is 0 Å². The molecule has 124 valence electrons. The van der Waals surface area contributed by atoms with Gasteiger partial charge in [0.1, 0.15) is 5.75 Å². The number of carbonyl (C=O) groups excluding carboxylic acids is 1. The lowest BCUT2D eigenvalue weighted by Crippen LogP contribution is -2.07. The Morgan fingerprint density at radius 3 is 2.27 bits per heavy atom. The first-order valence-corrected chi connectivity index (χ1v) is 8.68. The van der Waals surface area contributed by atoms with Crippen LogP contribution in [-0.4, -0.2) is 19.2 Å². The summed E-state index contributed by atoms with van der Waals surface area (Å²) in [5, 5.41) is 0. The Morgan fingerprint density at radius 2 is 1.59 bits per heavy atom. The molecule has 0 radical (unpaired) electrons. The molecule has 22 heavy (non-hydrogen) atoms. The van der Waals surface area contributed by atoms with Crippen molar-refractivity contribution >= 4 is 5.97 Å². The van der Waals surface area contributed by atoms with Gasteiger partial charge in [-0.3, -0.25) is 0 Å². The lowest BCUT2D eigenvalue weighted by atomic mass is 10.2. The van der Waals surface area contributed by atoms with Crippen LogP contribution in [0.15, 0.2) is 24.3 Å². The van der Waals surface area contributed by atoms with Crippen LogP contribution in [-0.2, 0) is 4.74 Å². The fourth-order valence-electron chi connectivity index (χ4n) is 2.21. The van der Waals surface area contributed by atoms with E-state index in [-0.39, 0.29) is 5.97 Å². The lowest BCUT2D eigenvalue weighted by molar-refractivity contribution is 0.0497. The molecular formula is C19H30O3. The molecule has 1 aromatic carbocycles. The minimum atomic E-state index is -0.257. The third-order valence-corrected chi connectivity index (χ3v) is 3.57. The van der Waals surface area contributed by atoms with Crippen LogP contribution in [0.2, 0.25) is 0 Å². The summed E-state index contributed by atoms with van der Waals surface area (Å²) in [7, 11) is 0. The smallest absolute Gasteiger partial charge is 0.338 e. The van der Waals surface area contributed by atoms with Crippen molar-refractivity contribution in [2.45, 2.75) is 65.2 Å². The van der Waals surface area contributed by atoms with Gasteiger partial charge in [0.2, 0.25) is 0 Å². The average molecular weight is 306 g/mol. The van der Waals surface area contributed by atoms with Gasteiger partial charge >= 0.3 is 5.97 Å². The van der Waals surface area contributed by atoms with E-state index in [9.17, 15) is 4.79 Å².